The fourth-order valence-corrected chi connectivity index (χ4v) is 8.46. The van der Waals surface area contributed by atoms with Gasteiger partial charge in [0.1, 0.15) is 23.4 Å². The number of hydrogen-bond donors (Lipinski definition) is 2. The zero-order valence-electron chi connectivity index (χ0n) is 32.7. The van der Waals surface area contributed by atoms with Crippen molar-refractivity contribution in [3.63, 3.8) is 0 Å². The standard InChI is InChI=1S/C40H60N2O10/c1-12-29-40(8)32(41-37(47)52-40)25(4)30(43)23(2)22-39(7,48-11)34(51-35-31(44)28(42(9)10)21-24(3)49-35)26(5)33(45)38(6,36(46)50-29)20-16-19-27-17-14-13-15-18-27/h13-19,23-26,28-29,31-32,34-35,44H,12,20-22H2,1-11H3,(H,41,47)/b19-16+/t23-,24-,25-,26+,28+,29+,31-,32-,34-,35+,38?,39+,40-/m1/s1. The number of fused-ring (bicyclic) bond motifs is 1. The van der Waals surface area contributed by atoms with Crippen LogP contribution in [-0.4, -0.2) is 109 Å². The Kier molecular flexibility index (Phi) is 13.2. The summed E-state index contributed by atoms with van der Waals surface area (Å²) in [7, 11) is 5.23. The van der Waals surface area contributed by atoms with Crippen LogP contribution in [0.5, 0.6) is 0 Å². The van der Waals surface area contributed by atoms with Crippen molar-refractivity contribution in [2.45, 2.75) is 135 Å². The Balaban J connectivity index is 1.87. The number of aliphatic hydroxyl groups excluding tert-OH is 1. The highest BCUT2D eigenvalue weighted by Gasteiger charge is 2.59. The van der Waals surface area contributed by atoms with Crippen molar-refractivity contribution in [1.29, 1.82) is 0 Å². The van der Waals surface area contributed by atoms with Crippen molar-refractivity contribution in [3.8, 4) is 0 Å². The molecule has 52 heavy (non-hydrogen) atoms. The Morgan fingerprint density at radius 2 is 1.67 bits per heavy atom. The lowest BCUT2D eigenvalue weighted by Crippen LogP contribution is -2.61. The van der Waals surface area contributed by atoms with Crippen LogP contribution in [0.1, 0.15) is 86.6 Å². The van der Waals surface area contributed by atoms with Crippen LogP contribution in [0, 0.1) is 23.2 Å². The number of methoxy groups -OCH3 is 1. The largest absolute Gasteiger partial charge is 0.457 e. The van der Waals surface area contributed by atoms with Gasteiger partial charge in [0.25, 0.3) is 0 Å². The number of nitrogens with one attached hydrogen (secondary N) is 1. The monoisotopic (exact) mass is 728 g/mol. The summed E-state index contributed by atoms with van der Waals surface area (Å²) in [4.78, 5) is 58.6. The van der Waals surface area contributed by atoms with Gasteiger partial charge in [-0.3, -0.25) is 14.4 Å². The Bertz CT molecular complexity index is 1470. The molecule has 12 nitrogen and oxygen atoms in total. The van der Waals surface area contributed by atoms with E-state index in [4.69, 9.17) is 23.7 Å². The topological polar surface area (TPSA) is 150 Å². The third-order valence-electron chi connectivity index (χ3n) is 11.7. The molecule has 0 aliphatic carbocycles. The van der Waals surface area contributed by atoms with E-state index in [1.165, 1.54) is 7.11 Å². The first-order valence-electron chi connectivity index (χ1n) is 18.5. The third kappa shape index (κ3) is 8.31. The van der Waals surface area contributed by atoms with Crippen LogP contribution >= 0.6 is 0 Å². The lowest BCUT2D eigenvalue weighted by atomic mass is 9.70. The number of ether oxygens (including phenoxy) is 5. The van der Waals surface area contributed by atoms with Gasteiger partial charge in [0.05, 0.1) is 23.9 Å². The first-order chi connectivity index (χ1) is 24.3. The number of allylic oxidation sites excluding steroid dienone is 1. The number of hydrogen-bond acceptors (Lipinski definition) is 11. The molecule has 4 rings (SSSR count). The van der Waals surface area contributed by atoms with E-state index in [9.17, 15) is 19.5 Å². The highest BCUT2D eigenvalue weighted by Crippen LogP contribution is 2.42. The zero-order chi connectivity index (χ0) is 38.8. The number of amides is 1. The van der Waals surface area contributed by atoms with Gasteiger partial charge >= 0.3 is 12.1 Å². The summed E-state index contributed by atoms with van der Waals surface area (Å²) in [5, 5.41) is 14.3. The number of carbonyl (C=O) groups excluding carboxylic acids is 4. The molecule has 290 valence electrons. The molecule has 0 bridgehead atoms. The molecule has 2 N–H and O–H groups in total. The van der Waals surface area contributed by atoms with E-state index in [1.807, 2.05) is 62.3 Å². The van der Waals surface area contributed by atoms with Gasteiger partial charge in [0, 0.05) is 30.9 Å². The van der Waals surface area contributed by atoms with Gasteiger partial charge in [-0.05, 0) is 73.0 Å². The fraction of sp³-hybridized carbons (Fsp3) is 0.700. The van der Waals surface area contributed by atoms with Crippen molar-refractivity contribution in [2.75, 3.05) is 21.2 Å². The quantitative estimate of drug-likeness (QED) is 0.277. The lowest BCUT2D eigenvalue weighted by molar-refractivity contribution is -0.295. The molecule has 0 radical (unpaired) electrons. The molecule has 0 aromatic heterocycles. The van der Waals surface area contributed by atoms with Crippen LogP contribution in [-0.2, 0) is 38.1 Å². The number of rotatable bonds is 8. The molecule has 1 amide bonds. The summed E-state index contributed by atoms with van der Waals surface area (Å²) in [6, 6.07) is 8.41. The van der Waals surface area contributed by atoms with Crippen molar-refractivity contribution in [2.24, 2.45) is 23.2 Å². The zero-order valence-corrected chi connectivity index (χ0v) is 32.7. The van der Waals surface area contributed by atoms with Gasteiger partial charge in [-0.15, -0.1) is 0 Å². The molecule has 1 aromatic carbocycles. The van der Waals surface area contributed by atoms with Crippen LogP contribution in [0.2, 0.25) is 0 Å². The predicted molar refractivity (Wildman–Crippen MR) is 195 cm³/mol. The minimum absolute atomic E-state index is 0.0114. The van der Waals surface area contributed by atoms with Gasteiger partial charge in [-0.2, -0.15) is 0 Å². The number of cyclic esters (lactones) is 1. The maximum Gasteiger partial charge on any atom is 0.408 e. The summed E-state index contributed by atoms with van der Waals surface area (Å²) in [5.74, 6) is -3.84. The minimum atomic E-state index is -1.74. The molecule has 3 aliphatic heterocycles. The van der Waals surface area contributed by atoms with E-state index in [1.54, 1.807) is 54.5 Å². The van der Waals surface area contributed by atoms with Gasteiger partial charge in [0.15, 0.2) is 17.7 Å². The van der Waals surface area contributed by atoms with Crippen molar-refractivity contribution >= 4 is 29.7 Å². The van der Waals surface area contributed by atoms with E-state index in [0.717, 1.165) is 5.56 Å². The van der Waals surface area contributed by atoms with Crippen LogP contribution in [0.15, 0.2) is 36.4 Å². The van der Waals surface area contributed by atoms with Crippen LogP contribution < -0.4 is 5.32 Å². The second kappa shape index (κ2) is 16.5. The highest BCUT2D eigenvalue weighted by atomic mass is 16.7. The molecule has 0 saturated carbocycles. The lowest BCUT2D eigenvalue weighted by Gasteiger charge is -2.47. The Hall–Kier alpha value is -3.16. The minimum Gasteiger partial charge on any atom is -0.457 e. The van der Waals surface area contributed by atoms with Crippen LogP contribution in [0.4, 0.5) is 4.79 Å². The maximum atomic E-state index is 15.1. The normalized spacial score (nSPS) is 40.9. The van der Waals surface area contributed by atoms with Crippen molar-refractivity contribution in [3.05, 3.63) is 42.0 Å². The second-order valence-electron chi connectivity index (χ2n) is 15.9. The number of likely N-dealkylation sites (N-methyl/N-ethyl adjacent to an activating group) is 1. The number of benzene rings is 1. The van der Waals surface area contributed by atoms with Crippen molar-refractivity contribution < 1.29 is 48.0 Å². The predicted octanol–water partition coefficient (Wildman–Crippen LogP) is 4.95. The first-order valence-corrected chi connectivity index (χ1v) is 18.5. The molecular weight excluding hydrogens is 668 g/mol. The molecule has 12 heteroatoms. The maximum absolute atomic E-state index is 15.1. The van der Waals surface area contributed by atoms with Crippen LogP contribution in [0.25, 0.3) is 6.08 Å². The third-order valence-corrected chi connectivity index (χ3v) is 11.7. The molecule has 0 spiro atoms. The average molecular weight is 729 g/mol. The smallest absolute Gasteiger partial charge is 0.408 e. The number of Topliss-reactive ketones (excluding diaryl/α,β-unsaturated/α-hetero) is 2. The second-order valence-corrected chi connectivity index (χ2v) is 15.9. The van der Waals surface area contributed by atoms with Crippen LogP contribution in [0.3, 0.4) is 0 Å². The number of carbonyl (C=O) groups is 4. The first kappa shape index (κ1) is 41.6. The number of esters is 1. The Labute approximate surface area is 308 Å². The Morgan fingerprint density at radius 1 is 1.02 bits per heavy atom. The molecule has 1 unspecified atom stereocenters. The van der Waals surface area contributed by atoms with Gasteiger partial charge in [-0.1, -0.05) is 70.2 Å². The van der Waals surface area contributed by atoms with Gasteiger partial charge in [0.2, 0.25) is 0 Å². The van der Waals surface area contributed by atoms with Crippen molar-refractivity contribution in [1.82, 2.24) is 10.2 Å². The number of aliphatic hydroxyl groups is 1. The van der Waals surface area contributed by atoms with E-state index in [-0.39, 0.29) is 37.2 Å². The number of ketones is 2. The summed E-state index contributed by atoms with van der Waals surface area (Å²) in [6.45, 7) is 13.9. The SMILES string of the molecule is CC[C@@H]1OC(=O)C(C)(C/C=C/c2ccccc2)C(=O)[C@H](C)[C@@H](O[C@@H]2O[C@H](C)C[C@H](N(C)C)[C@H]2O)[C@@](C)(OC)C[C@@H](C)C(=O)[C@@H](C)[C@H]2NC(=O)O[C@]12C. The summed E-state index contributed by atoms with van der Waals surface area (Å²) >= 11 is 0. The van der Waals surface area contributed by atoms with E-state index in [2.05, 4.69) is 5.32 Å². The number of alkyl carbamates (subject to hydrolysis) is 1. The summed E-state index contributed by atoms with van der Waals surface area (Å²) < 4.78 is 31.1. The molecule has 3 saturated heterocycles. The number of nitrogens with zero attached hydrogens (tertiary/aromatic N) is 1. The molecule has 3 heterocycles. The fourth-order valence-electron chi connectivity index (χ4n) is 8.46. The van der Waals surface area contributed by atoms with E-state index >= 15 is 4.79 Å². The van der Waals surface area contributed by atoms with Gasteiger partial charge in [-0.25, -0.2) is 4.79 Å². The molecule has 3 aliphatic rings. The average Bonchev–Trinajstić information content (AvgIpc) is 3.42. The molecule has 13 atom stereocenters. The molecular formula is C40H60N2O10. The summed E-state index contributed by atoms with van der Waals surface area (Å²) in [6.07, 6.45) is -0.720. The molecule has 3 fully saturated rings. The molecule has 1 aromatic rings. The Morgan fingerprint density at radius 3 is 2.27 bits per heavy atom. The van der Waals surface area contributed by atoms with E-state index in [0.29, 0.717) is 6.42 Å². The summed E-state index contributed by atoms with van der Waals surface area (Å²) in [5.41, 5.74) is -3.54. The highest BCUT2D eigenvalue weighted by molar-refractivity contribution is 6.05. The van der Waals surface area contributed by atoms with Gasteiger partial charge < -0.3 is 39.0 Å². The van der Waals surface area contributed by atoms with E-state index < -0.39 is 82.9 Å².